The number of hydrogen-bond acceptors (Lipinski definition) is 1. The molecule has 0 amide bonds. The molecule has 0 saturated heterocycles. The van der Waals surface area contributed by atoms with E-state index in [2.05, 4.69) is 18.2 Å². The van der Waals surface area contributed by atoms with Crippen molar-refractivity contribution in [3.8, 4) is 0 Å². The summed E-state index contributed by atoms with van der Waals surface area (Å²) in [6.45, 7) is 0. The number of carbonyl (C=O) groups is 1. The summed E-state index contributed by atoms with van der Waals surface area (Å²) in [5.41, 5.74) is 5.04. The number of allylic oxidation sites excluding steroid dienone is 10. The Bertz CT molecular complexity index is 454. The molecule has 0 heterocycles. The van der Waals surface area contributed by atoms with Gasteiger partial charge in [0.15, 0.2) is 5.78 Å². The normalized spacial score (nSPS) is 23.2. The molecule has 62 valence electrons. The predicted octanol–water partition coefficient (Wildman–Crippen LogP) is 2.25. The van der Waals surface area contributed by atoms with E-state index in [9.17, 15) is 4.79 Å². The van der Waals surface area contributed by atoms with Crippen LogP contribution >= 0.6 is 0 Å². The Labute approximate surface area is 76.4 Å². The lowest BCUT2D eigenvalue weighted by Gasteiger charge is -2.31. The summed E-state index contributed by atoms with van der Waals surface area (Å²) in [6.07, 6.45) is 12.6. The molecule has 0 unspecified atom stereocenters. The lowest BCUT2D eigenvalue weighted by molar-refractivity contribution is -0.110. The monoisotopic (exact) mass is 168 g/mol. The molecule has 1 heteroatoms. The van der Waals surface area contributed by atoms with Gasteiger partial charge in [0.25, 0.3) is 0 Å². The van der Waals surface area contributed by atoms with Gasteiger partial charge in [-0.2, -0.15) is 0 Å². The maximum absolute atomic E-state index is 11.1. The summed E-state index contributed by atoms with van der Waals surface area (Å²) in [4.78, 5) is 11.1. The fourth-order valence-electron chi connectivity index (χ4n) is 2.01. The summed E-state index contributed by atoms with van der Waals surface area (Å²) in [5.74, 6) is 0.105. The van der Waals surface area contributed by atoms with E-state index in [-0.39, 0.29) is 5.78 Å². The smallest absolute Gasteiger partial charge is 0.179 e. The van der Waals surface area contributed by atoms with Gasteiger partial charge in [0.1, 0.15) is 0 Å². The van der Waals surface area contributed by atoms with E-state index in [1.165, 1.54) is 16.7 Å². The van der Waals surface area contributed by atoms with Crippen LogP contribution in [0.25, 0.3) is 0 Å². The Balaban J connectivity index is 2.21. The molecular formula is C12H8O. The molecule has 0 atom stereocenters. The average molecular weight is 168 g/mol. The van der Waals surface area contributed by atoms with Gasteiger partial charge >= 0.3 is 0 Å². The topological polar surface area (TPSA) is 17.1 Å². The summed E-state index contributed by atoms with van der Waals surface area (Å²) < 4.78 is 0. The molecule has 0 aromatic carbocycles. The molecule has 0 aromatic heterocycles. The Morgan fingerprint density at radius 3 is 3.00 bits per heavy atom. The zero-order valence-corrected chi connectivity index (χ0v) is 7.08. The third-order valence-corrected chi connectivity index (χ3v) is 2.65. The Kier molecular flexibility index (Phi) is 1.15. The molecule has 3 aliphatic carbocycles. The molecule has 1 nitrogen and oxygen atoms in total. The van der Waals surface area contributed by atoms with Crippen LogP contribution in [0.1, 0.15) is 6.42 Å². The van der Waals surface area contributed by atoms with E-state index in [0.717, 1.165) is 12.0 Å². The highest BCUT2D eigenvalue weighted by molar-refractivity contribution is 6.05. The average Bonchev–Trinajstić information content (AvgIpc) is 2.15. The highest BCUT2D eigenvalue weighted by atomic mass is 16.1. The third-order valence-electron chi connectivity index (χ3n) is 2.65. The largest absolute Gasteiger partial charge is 0.290 e. The standard InChI is InChI=1S/C12H8O/c13-8-5-6-11-9-3-1-2-4-10(9)12(11)7-8/h1-2,4-7H,3H2. The number of carbonyl (C=O) groups excluding carboxylic acids is 1. The molecular weight excluding hydrogens is 160 g/mol. The molecule has 0 saturated carbocycles. The molecule has 13 heavy (non-hydrogen) atoms. The van der Waals surface area contributed by atoms with E-state index < -0.39 is 0 Å². The predicted molar refractivity (Wildman–Crippen MR) is 51.1 cm³/mol. The second-order valence-corrected chi connectivity index (χ2v) is 3.40. The first-order valence-electron chi connectivity index (χ1n) is 4.41. The molecule has 0 bridgehead atoms. The highest BCUT2D eigenvalue weighted by Crippen LogP contribution is 2.45. The first-order valence-corrected chi connectivity index (χ1v) is 4.41. The quantitative estimate of drug-likeness (QED) is 0.542. The second kappa shape index (κ2) is 2.19. The molecule has 0 aliphatic heterocycles. The Hall–Kier alpha value is -1.63. The van der Waals surface area contributed by atoms with Crippen molar-refractivity contribution in [1.82, 2.24) is 0 Å². The van der Waals surface area contributed by atoms with Crippen LogP contribution in [-0.4, -0.2) is 5.78 Å². The van der Waals surface area contributed by atoms with E-state index >= 15 is 0 Å². The van der Waals surface area contributed by atoms with Crippen LogP contribution in [0.15, 0.2) is 58.7 Å². The number of ketones is 1. The van der Waals surface area contributed by atoms with Crippen molar-refractivity contribution in [1.29, 1.82) is 0 Å². The van der Waals surface area contributed by atoms with Gasteiger partial charge in [-0.1, -0.05) is 24.3 Å². The van der Waals surface area contributed by atoms with Gasteiger partial charge in [-0.3, -0.25) is 4.79 Å². The van der Waals surface area contributed by atoms with Gasteiger partial charge in [-0.05, 0) is 40.9 Å². The van der Waals surface area contributed by atoms with E-state index in [1.807, 2.05) is 6.08 Å². The minimum Gasteiger partial charge on any atom is -0.290 e. The van der Waals surface area contributed by atoms with Gasteiger partial charge < -0.3 is 0 Å². The molecule has 0 spiro atoms. The lowest BCUT2D eigenvalue weighted by atomic mass is 9.72. The first kappa shape index (κ1) is 6.84. The van der Waals surface area contributed by atoms with Crippen LogP contribution in [0.5, 0.6) is 0 Å². The van der Waals surface area contributed by atoms with Crippen molar-refractivity contribution < 1.29 is 4.79 Å². The van der Waals surface area contributed by atoms with Crippen molar-refractivity contribution in [2.75, 3.05) is 0 Å². The van der Waals surface area contributed by atoms with Gasteiger partial charge in [-0.15, -0.1) is 0 Å². The maximum atomic E-state index is 11.1. The number of fused-ring (bicyclic) bond motifs is 3. The second-order valence-electron chi connectivity index (χ2n) is 3.40. The van der Waals surface area contributed by atoms with Crippen LogP contribution in [0.2, 0.25) is 0 Å². The van der Waals surface area contributed by atoms with Gasteiger partial charge in [0, 0.05) is 0 Å². The van der Waals surface area contributed by atoms with Crippen LogP contribution in [0, 0.1) is 0 Å². The Morgan fingerprint density at radius 1 is 1.15 bits per heavy atom. The van der Waals surface area contributed by atoms with Crippen molar-refractivity contribution in [3.05, 3.63) is 58.7 Å². The zero-order valence-electron chi connectivity index (χ0n) is 7.08. The summed E-state index contributed by atoms with van der Waals surface area (Å²) in [5, 5.41) is 0. The lowest BCUT2D eigenvalue weighted by Crippen LogP contribution is -2.16. The highest BCUT2D eigenvalue weighted by Gasteiger charge is 2.29. The van der Waals surface area contributed by atoms with Crippen LogP contribution in [-0.2, 0) is 4.79 Å². The van der Waals surface area contributed by atoms with Crippen molar-refractivity contribution in [2.45, 2.75) is 6.42 Å². The Morgan fingerprint density at radius 2 is 2.08 bits per heavy atom. The first-order chi connectivity index (χ1) is 6.36. The van der Waals surface area contributed by atoms with Crippen molar-refractivity contribution in [2.24, 2.45) is 0 Å². The maximum Gasteiger partial charge on any atom is 0.179 e. The van der Waals surface area contributed by atoms with Crippen LogP contribution in [0.4, 0.5) is 0 Å². The molecule has 0 aromatic rings. The number of hydrogen-bond donors (Lipinski definition) is 0. The molecule has 3 aliphatic rings. The summed E-state index contributed by atoms with van der Waals surface area (Å²) in [6, 6.07) is 0. The van der Waals surface area contributed by atoms with Crippen molar-refractivity contribution in [3.63, 3.8) is 0 Å². The minimum absolute atomic E-state index is 0.105. The zero-order chi connectivity index (χ0) is 8.84. The number of rotatable bonds is 0. The van der Waals surface area contributed by atoms with E-state index in [0.29, 0.717) is 0 Å². The van der Waals surface area contributed by atoms with Gasteiger partial charge in [0.05, 0.1) is 0 Å². The van der Waals surface area contributed by atoms with E-state index in [1.54, 1.807) is 12.2 Å². The SMILES string of the molecule is O=C1C=CC2=C3CC=CC=C3C2=C1. The molecule has 0 fully saturated rings. The summed E-state index contributed by atoms with van der Waals surface area (Å²) in [7, 11) is 0. The molecule has 0 radical (unpaired) electrons. The summed E-state index contributed by atoms with van der Waals surface area (Å²) >= 11 is 0. The van der Waals surface area contributed by atoms with Crippen molar-refractivity contribution >= 4 is 5.78 Å². The molecule has 0 N–H and O–H groups in total. The third kappa shape index (κ3) is 0.788. The van der Waals surface area contributed by atoms with Crippen LogP contribution < -0.4 is 0 Å². The molecule has 3 rings (SSSR count). The fraction of sp³-hybridized carbons (Fsp3) is 0.0833. The van der Waals surface area contributed by atoms with E-state index in [4.69, 9.17) is 0 Å². The fourth-order valence-corrected chi connectivity index (χ4v) is 2.01. The van der Waals surface area contributed by atoms with Gasteiger partial charge in [-0.25, -0.2) is 0 Å². The van der Waals surface area contributed by atoms with Crippen LogP contribution in [0.3, 0.4) is 0 Å². The minimum atomic E-state index is 0.105. The van der Waals surface area contributed by atoms with Gasteiger partial charge in [0.2, 0.25) is 0 Å².